The highest BCUT2D eigenvalue weighted by atomic mass is 32.2. The Labute approximate surface area is 278 Å². The number of anilines is 1. The molecule has 2 aromatic rings. The van der Waals surface area contributed by atoms with Gasteiger partial charge in [0.05, 0.1) is 18.5 Å². The van der Waals surface area contributed by atoms with Gasteiger partial charge >= 0.3 is 11.9 Å². The lowest BCUT2D eigenvalue weighted by molar-refractivity contribution is 0.0131. The van der Waals surface area contributed by atoms with Gasteiger partial charge in [-0.2, -0.15) is 0 Å². The summed E-state index contributed by atoms with van der Waals surface area (Å²) >= 11 is 0. The van der Waals surface area contributed by atoms with Gasteiger partial charge in [-0.25, -0.2) is 14.0 Å². The molecule has 3 heterocycles. The Morgan fingerprint density at radius 2 is 2.02 bits per heavy atom. The number of rotatable bonds is 3. The van der Waals surface area contributed by atoms with Crippen LogP contribution >= 0.6 is 0 Å². The van der Waals surface area contributed by atoms with Crippen LogP contribution in [0.5, 0.6) is 5.75 Å². The van der Waals surface area contributed by atoms with Crippen molar-refractivity contribution >= 4 is 27.7 Å². The van der Waals surface area contributed by atoms with Crippen LogP contribution in [0.25, 0.3) is 0 Å². The number of hydrogen-bond donors (Lipinski definition) is 2. The van der Waals surface area contributed by atoms with Crippen LogP contribution < -0.4 is 19.7 Å². The maximum Gasteiger partial charge on any atom is 0.327 e. The number of urea groups is 1. The van der Waals surface area contributed by atoms with E-state index in [1.165, 1.54) is 16.7 Å². The van der Waals surface area contributed by atoms with Crippen molar-refractivity contribution in [3.8, 4) is 5.75 Å². The molecule has 11 heteroatoms. The van der Waals surface area contributed by atoms with Gasteiger partial charge in [0.2, 0.25) is 0 Å². The van der Waals surface area contributed by atoms with Crippen molar-refractivity contribution in [2.45, 2.75) is 82.8 Å². The number of nitrogens with one attached hydrogen (secondary N) is 2. The average Bonchev–Trinajstić information content (AvgIpc) is 3.85. The number of allylic oxidation sites excluding steroid dienone is 1. The van der Waals surface area contributed by atoms with E-state index in [4.69, 9.17) is 14.5 Å². The fraction of sp³-hybridized carbons (Fsp3) is 0.583. The second-order valence-corrected chi connectivity index (χ2v) is 16.5. The first-order valence-corrected chi connectivity index (χ1v) is 18.9. The highest BCUT2D eigenvalue weighted by Gasteiger charge is 2.45. The zero-order valence-corrected chi connectivity index (χ0v) is 28.5. The van der Waals surface area contributed by atoms with Gasteiger partial charge < -0.3 is 19.7 Å². The second-order valence-electron chi connectivity index (χ2n) is 14.5. The highest BCUT2D eigenvalue weighted by Crippen LogP contribution is 2.46. The minimum Gasteiger partial charge on any atom is -0.489 e. The molecule has 10 nitrogen and oxygen atoms in total. The fourth-order valence-electron chi connectivity index (χ4n) is 7.96. The molecule has 1 aromatic carbocycles. The molecule has 1 aromatic heterocycles. The van der Waals surface area contributed by atoms with Crippen molar-refractivity contribution in [2.75, 3.05) is 37.5 Å². The van der Waals surface area contributed by atoms with Crippen LogP contribution in [0.4, 0.5) is 10.6 Å². The summed E-state index contributed by atoms with van der Waals surface area (Å²) in [7, 11) is -1.68. The number of nitrogens with zero attached hydrogens (tertiary/aromatic N) is 3. The number of methoxy groups -OCH3 is 1. The summed E-state index contributed by atoms with van der Waals surface area (Å²) in [6.07, 6.45) is 11.9. The third-order valence-corrected chi connectivity index (χ3v) is 12.7. The number of carbonyl (C=O) groups is 2. The Balaban J connectivity index is 1.29. The zero-order chi connectivity index (χ0) is 32.8. The van der Waals surface area contributed by atoms with Crippen LogP contribution in [0.1, 0.15) is 79.0 Å². The minimum atomic E-state index is -3.45. The predicted octanol–water partition coefficient (Wildman–Crippen LogP) is 5.49. The quantitative estimate of drug-likeness (QED) is 0.418. The van der Waals surface area contributed by atoms with Crippen LogP contribution in [-0.4, -0.2) is 65.8 Å². The van der Waals surface area contributed by atoms with E-state index >= 15 is 0 Å². The number of hydrogen-bond acceptors (Lipinski definition) is 7. The van der Waals surface area contributed by atoms with E-state index in [0.29, 0.717) is 43.0 Å². The minimum absolute atomic E-state index is 0.0342. The lowest BCUT2D eigenvalue weighted by atomic mass is 9.68. The monoisotopic (exact) mass is 661 g/mol. The number of aryl methyl sites for hydroxylation is 2. The number of fused-ring (bicyclic) bond motifs is 4. The Morgan fingerprint density at radius 1 is 1.17 bits per heavy atom. The van der Waals surface area contributed by atoms with Crippen molar-refractivity contribution < 1.29 is 23.3 Å². The molecule has 0 saturated heterocycles. The fourth-order valence-corrected chi connectivity index (χ4v) is 9.78. The van der Waals surface area contributed by atoms with Crippen LogP contribution in [0.3, 0.4) is 0 Å². The Morgan fingerprint density at radius 3 is 2.79 bits per heavy atom. The van der Waals surface area contributed by atoms with Crippen LogP contribution in [0.15, 0.2) is 46.8 Å². The number of ether oxygens (including phenoxy) is 2. The van der Waals surface area contributed by atoms with Crippen molar-refractivity contribution in [2.24, 2.45) is 22.1 Å². The van der Waals surface area contributed by atoms with Crippen molar-refractivity contribution in [1.29, 1.82) is 0 Å². The Kier molecular flexibility index (Phi) is 8.80. The predicted molar refractivity (Wildman–Crippen MR) is 182 cm³/mol. The van der Waals surface area contributed by atoms with E-state index in [-0.39, 0.29) is 34.9 Å². The zero-order valence-electron chi connectivity index (χ0n) is 27.7. The summed E-state index contributed by atoms with van der Waals surface area (Å²) in [6, 6.07) is 9.70. The standard InChI is InChI=1S/C36H47N5O5S/c1-23-9-14-29-25(18-23)7-5-17-36(29)21-41-19-26-10-13-28(26)31(45-3)8-4-6-24(2)20-47(44,40-35(43)37-27-11-12-27)39-34(42)30-15-16-32(46-22-36)33(41)38-30/h4,8-9,14-16,18,24,26-28,31H,5-7,10-13,17,19-22H2,1-3H3,(H2,37,39,40,42,43,44)/b8-4+/t24-,26-,28+,31-,36-,47-/m0/s1. The third kappa shape index (κ3) is 6.79. The van der Waals surface area contributed by atoms with Gasteiger partial charge in [0, 0.05) is 31.7 Å². The third-order valence-electron chi connectivity index (χ3n) is 10.7. The highest BCUT2D eigenvalue weighted by molar-refractivity contribution is 7.92. The molecular formula is C36H47N5O5S. The molecule has 47 heavy (non-hydrogen) atoms. The molecule has 252 valence electrons. The Hall–Kier alpha value is -3.44. The van der Waals surface area contributed by atoms with Gasteiger partial charge in [0.25, 0.3) is 0 Å². The van der Waals surface area contributed by atoms with Gasteiger partial charge in [0.1, 0.15) is 15.6 Å². The van der Waals surface area contributed by atoms with E-state index in [0.717, 1.165) is 51.5 Å². The van der Waals surface area contributed by atoms with Gasteiger partial charge in [-0.05, 0) is 99.3 Å². The van der Waals surface area contributed by atoms with Gasteiger partial charge in [-0.3, -0.25) is 9.52 Å². The molecule has 2 aliphatic heterocycles. The summed E-state index contributed by atoms with van der Waals surface area (Å²) in [6.45, 7) is 6.10. The maximum absolute atomic E-state index is 14.2. The average molecular weight is 662 g/mol. The van der Waals surface area contributed by atoms with E-state index in [2.05, 4.69) is 56.6 Å². The van der Waals surface area contributed by atoms with E-state index in [1.807, 2.05) is 6.92 Å². The molecule has 3 aliphatic carbocycles. The molecular weight excluding hydrogens is 614 g/mol. The van der Waals surface area contributed by atoms with Crippen molar-refractivity contribution in [1.82, 2.24) is 15.0 Å². The first-order chi connectivity index (χ1) is 22.6. The summed E-state index contributed by atoms with van der Waals surface area (Å²) in [5.74, 6) is 1.20. The first kappa shape index (κ1) is 32.1. The van der Waals surface area contributed by atoms with Gasteiger partial charge in [-0.1, -0.05) is 42.8 Å². The number of aromatic nitrogens is 1. The molecule has 0 radical (unpaired) electrons. The van der Waals surface area contributed by atoms with Gasteiger partial charge in [-0.15, -0.1) is 4.36 Å². The molecule has 0 unspecified atom stereocenters. The lowest BCUT2D eigenvalue weighted by Crippen LogP contribution is -2.49. The number of pyridine rings is 1. The molecule has 6 atom stereocenters. The normalized spacial score (nSPS) is 32.8. The molecule has 2 N–H and O–H groups in total. The molecule has 3 amide bonds. The molecule has 2 bridgehead atoms. The van der Waals surface area contributed by atoms with Crippen molar-refractivity contribution in [3.63, 3.8) is 0 Å². The number of benzene rings is 1. The Bertz CT molecular complexity index is 1700. The van der Waals surface area contributed by atoms with Crippen LogP contribution in [0.2, 0.25) is 0 Å². The van der Waals surface area contributed by atoms with E-state index in [9.17, 15) is 13.8 Å². The summed E-state index contributed by atoms with van der Waals surface area (Å²) < 4.78 is 33.6. The summed E-state index contributed by atoms with van der Waals surface area (Å²) in [5.41, 5.74) is 3.85. The number of amides is 3. The lowest BCUT2D eigenvalue weighted by Gasteiger charge is -2.45. The second kappa shape index (κ2) is 12.9. The van der Waals surface area contributed by atoms with E-state index < -0.39 is 21.9 Å². The topological polar surface area (TPSA) is 122 Å². The number of carbonyl (C=O) groups excluding carboxylic acids is 2. The summed E-state index contributed by atoms with van der Waals surface area (Å²) in [4.78, 5) is 33.7. The smallest absolute Gasteiger partial charge is 0.327 e. The molecule has 5 aliphatic rings. The first-order valence-electron chi connectivity index (χ1n) is 17.2. The molecule has 2 saturated carbocycles. The molecule has 2 fully saturated rings. The molecule has 7 rings (SSSR count). The SMILES string of the molecule is CO[C@H]1/C=C/C[C@H](C)C[S@@](=O)(NC(=O)NC2CC2)=NC(=O)c2ccc3c(n2)N(C[C@@H]2CC[C@H]21)C[C@@]1(CCCc2cc(C)ccc21)CO3. The van der Waals surface area contributed by atoms with Crippen LogP contribution in [0, 0.1) is 24.7 Å². The van der Waals surface area contributed by atoms with Gasteiger partial charge in [0.15, 0.2) is 11.6 Å². The summed E-state index contributed by atoms with van der Waals surface area (Å²) in [5, 5.41) is 2.81. The van der Waals surface area contributed by atoms with Crippen LogP contribution in [-0.2, 0) is 26.5 Å². The molecule has 1 spiro atoms. The largest absolute Gasteiger partial charge is 0.489 e. The van der Waals surface area contributed by atoms with Crippen molar-refractivity contribution in [3.05, 3.63) is 64.9 Å². The maximum atomic E-state index is 14.2. The van der Waals surface area contributed by atoms with E-state index in [1.54, 1.807) is 19.2 Å².